The van der Waals surface area contributed by atoms with Gasteiger partial charge in [0.2, 0.25) is 5.88 Å². The van der Waals surface area contributed by atoms with E-state index in [1.165, 1.54) is 0 Å². The van der Waals surface area contributed by atoms with Gasteiger partial charge in [0.05, 0.1) is 24.5 Å². The number of H-pyrrole nitrogens is 1. The third kappa shape index (κ3) is 5.35. The van der Waals surface area contributed by atoms with Crippen LogP contribution in [0.3, 0.4) is 0 Å². The van der Waals surface area contributed by atoms with Gasteiger partial charge < -0.3 is 24.7 Å². The van der Waals surface area contributed by atoms with E-state index in [1.807, 2.05) is 32.3 Å². The number of furan rings is 1. The molecule has 2 heterocycles. The molecule has 0 radical (unpaired) electrons. The maximum atomic E-state index is 12.5. The number of carbonyl (C=O) groups is 2. The van der Waals surface area contributed by atoms with E-state index in [0.717, 1.165) is 29.3 Å². The molecule has 2 aromatic heterocycles. The first-order chi connectivity index (χ1) is 16.3. The van der Waals surface area contributed by atoms with Crippen molar-refractivity contribution < 1.29 is 19.1 Å². The van der Waals surface area contributed by atoms with Crippen molar-refractivity contribution in [1.29, 1.82) is 0 Å². The number of azo groups is 1. The Bertz CT molecular complexity index is 1390. The SMILES string of the molecule is CN(C)CCCNC(=O)c1cc(Br)c2c(N=NC(=O)Cc3ccc4cocc4c3)c(O)[nH]c2c1. The van der Waals surface area contributed by atoms with Gasteiger partial charge in [0, 0.05) is 32.7 Å². The third-order valence-electron chi connectivity index (χ3n) is 5.29. The molecule has 0 saturated heterocycles. The maximum absolute atomic E-state index is 12.5. The molecule has 0 bridgehead atoms. The van der Waals surface area contributed by atoms with Crippen molar-refractivity contribution in [3.8, 4) is 5.88 Å². The summed E-state index contributed by atoms with van der Waals surface area (Å²) in [5.41, 5.74) is 1.83. The predicted molar refractivity (Wildman–Crippen MR) is 133 cm³/mol. The van der Waals surface area contributed by atoms with Crippen molar-refractivity contribution in [1.82, 2.24) is 15.2 Å². The molecular formula is C24H24BrN5O4. The molecule has 34 heavy (non-hydrogen) atoms. The Balaban J connectivity index is 1.48. The quantitative estimate of drug-likeness (QED) is 0.222. The number of nitrogens with zero attached hydrogens (tertiary/aromatic N) is 3. The molecule has 2 aromatic carbocycles. The largest absolute Gasteiger partial charge is 0.493 e. The van der Waals surface area contributed by atoms with Crippen LogP contribution in [0.1, 0.15) is 22.3 Å². The number of aromatic amines is 1. The first kappa shape index (κ1) is 23.7. The summed E-state index contributed by atoms with van der Waals surface area (Å²) < 4.78 is 5.70. The zero-order valence-corrected chi connectivity index (χ0v) is 20.3. The van der Waals surface area contributed by atoms with E-state index in [4.69, 9.17) is 4.42 Å². The molecule has 0 aliphatic carbocycles. The Morgan fingerprint density at radius 3 is 2.76 bits per heavy atom. The smallest absolute Gasteiger partial charge is 0.269 e. The van der Waals surface area contributed by atoms with Gasteiger partial charge in [-0.05, 0) is 66.8 Å². The lowest BCUT2D eigenvalue weighted by Crippen LogP contribution is -2.27. The van der Waals surface area contributed by atoms with E-state index < -0.39 is 5.91 Å². The first-order valence-corrected chi connectivity index (χ1v) is 11.5. The van der Waals surface area contributed by atoms with Gasteiger partial charge in [-0.25, -0.2) is 0 Å². The molecule has 0 atom stereocenters. The number of hydrogen-bond donors (Lipinski definition) is 3. The number of hydrogen-bond acceptors (Lipinski definition) is 6. The number of nitrogens with one attached hydrogen (secondary N) is 2. The summed E-state index contributed by atoms with van der Waals surface area (Å²) in [5.74, 6) is -0.916. The molecule has 0 aliphatic heterocycles. The molecule has 0 saturated carbocycles. The fraction of sp³-hybridized carbons (Fsp3) is 0.250. The van der Waals surface area contributed by atoms with Crippen LogP contribution in [-0.4, -0.2) is 54.0 Å². The lowest BCUT2D eigenvalue weighted by atomic mass is 10.1. The number of aromatic hydroxyl groups is 1. The topological polar surface area (TPSA) is 123 Å². The summed E-state index contributed by atoms with van der Waals surface area (Å²) in [6.45, 7) is 1.43. The monoisotopic (exact) mass is 525 g/mol. The molecule has 9 nitrogen and oxygen atoms in total. The minimum atomic E-state index is -0.457. The second kappa shape index (κ2) is 10.2. The standard InChI is InChI=1S/C24H24BrN5O4/c1-30(2)7-3-6-26-23(32)16-10-18(25)21-19(11-16)27-24(33)22(21)29-28-20(31)9-14-4-5-15-12-34-13-17(15)8-14/h4-5,8,10-13,27,33H,3,6-7,9H2,1-2H3,(H,26,32). The molecule has 176 valence electrons. The fourth-order valence-corrected chi connectivity index (χ4v) is 4.27. The number of halogens is 1. The number of rotatable bonds is 8. The second-order valence-corrected chi connectivity index (χ2v) is 9.08. The molecule has 0 fully saturated rings. The molecule has 10 heteroatoms. The zero-order chi connectivity index (χ0) is 24.2. The average Bonchev–Trinajstić information content (AvgIpc) is 3.38. The van der Waals surface area contributed by atoms with E-state index in [9.17, 15) is 14.7 Å². The summed E-state index contributed by atoms with van der Waals surface area (Å²) >= 11 is 3.45. The van der Waals surface area contributed by atoms with Crippen LogP contribution in [-0.2, 0) is 11.2 Å². The molecule has 4 aromatic rings. The Morgan fingerprint density at radius 2 is 1.97 bits per heavy atom. The van der Waals surface area contributed by atoms with Crippen LogP contribution in [0.4, 0.5) is 5.69 Å². The number of amides is 2. The van der Waals surface area contributed by atoms with Crippen LogP contribution in [0.25, 0.3) is 21.7 Å². The van der Waals surface area contributed by atoms with Crippen molar-refractivity contribution >= 4 is 55.1 Å². The Hall–Kier alpha value is -3.50. The molecule has 3 N–H and O–H groups in total. The summed E-state index contributed by atoms with van der Waals surface area (Å²) in [7, 11) is 3.96. The van der Waals surface area contributed by atoms with Gasteiger partial charge in [-0.2, -0.15) is 0 Å². The van der Waals surface area contributed by atoms with E-state index >= 15 is 0 Å². The minimum absolute atomic E-state index is 0.0625. The highest BCUT2D eigenvalue weighted by Crippen LogP contribution is 2.40. The number of benzene rings is 2. The highest BCUT2D eigenvalue weighted by Gasteiger charge is 2.17. The average molecular weight is 526 g/mol. The Labute approximate surface area is 204 Å². The van der Waals surface area contributed by atoms with Crippen LogP contribution in [0.15, 0.2) is 62.0 Å². The van der Waals surface area contributed by atoms with Gasteiger partial charge in [-0.3, -0.25) is 9.59 Å². The molecule has 4 rings (SSSR count). The number of aromatic nitrogens is 1. The number of carbonyl (C=O) groups excluding carboxylic acids is 2. The normalized spacial score (nSPS) is 11.8. The van der Waals surface area contributed by atoms with Crippen LogP contribution in [0, 0.1) is 0 Å². The first-order valence-electron chi connectivity index (χ1n) is 10.7. The van der Waals surface area contributed by atoms with Crippen molar-refractivity contribution in [3.63, 3.8) is 0 Å². The van der Waals surface area contributed by atoms with E-state index in [0.29, 0.717) is 27.5 Å². The van der Waals surface area contributed by atoms with Crippen LogP contribution in [0.5, 0.6) is 5.88 Å². The lowest BCUT2D eigenvalue weighted by molar-refractivity contribution is -0.117. The van der Waals surface area contributed by atoms with Crippen LogP contribution in [0.2, 0.25) is 0 Å². The number of fused-ring (bicyclic) bond motifs is 2. The molecule has 0 aliphatic rings. The van der Waals surface area contributed by atoms with Crippen molar-refractivity contribution in [3.05, 3.63) is 58.5 Å². The van der Waals surface area contributed by atoms with Gasteiger partial charge in [0.15, 0.2) is 5.69 Å². The van der Waals surface area contributed by atoms with Gasteiger partial charge in [-0.15, -0.1) is 10.2 Å². The Kier molecular flexibility index (Phi) is 7.09. The van der Waals surface area contributed by atoms with Gasteiger partial charge in [0.25, 0.3) is 11.8 Å². The van der Waals surface area contributed by atoms with E-state index in [-0.39, 0.29) is 23.9 Å². The summed E-state index contributed by atoms with van der Waals surface area (Å²) in [5, 5.41) is 23.4. The van der Waals surface area contributed by atoms with Crippen molar-refractivity contribution in [2.75, 3.05) is 27.2 Å². The van der Waals surface area contributed by atoms with Crippen LogP contribution < -0.4 is 5.32 Å². The zero-order valence-electron chi connectivity index (χ0n) is 18.8. The minimum Gasteiger partial charge on any atom is -0.493 e. The Morgan fingerprint density at radius 1 is 1.18 bits per heavy atom. The highest BCUT2D eigenvalue weighted by atomic mass is 79.9. The predicted octanol–water partition coefficient (Wildman–Crippen LogP) is 4.92. The van der Waals surface area contributed by atoms with E-state index in [2.05, 4.69) is 41.4 Å². The fourth-order valence-electron chi connectivity index (χ4n) is 3.62. The molecule has 0 unspecified atom stereocenters. The van der Waals surface area contributed by atoms with Crippen molar-refractivity contribution in [2.45, 2.75) is 12.8 Å². The third-order valence-corrected chi connectivity index (χ3v) is 5.92. The van der Waals surface area contributed by atoms with E-state index in [1.54, 1.807) is 24.7 Å². The molecule has 0 spiro atoms. The molecular weight excluding hydrogens is 502 g/mol. The van der Waals surface area contributed by atoms with Gasteiger partial charge in [0.1, 0.15) is 0 Å². The lowest BCUT2D eigenvalue weighted by Gasteiger charge is -2.10. The summed E-state index contributed by atoms with van der Waals surface area (Å²) in [6.07, 6.45) is 4.15. The second-order valence-electron chi connectivity index (χ2n) is 8.22. The molecule has 2 amide bonds. The summed E-state index contributed by atoms with van der Waals surface area (Å²) in [6, 6.07) is 8.84. The maximum Gasteiger partial charge on any atom is 0.269 e. The summed E-state index contributed by atoms with van der Waals surface area (Å²) in [4.78, 5) is 29.7. The van der Waals surface area contributed by atoms with Crippen molar-refractivity contribution in [2.24, 2.45) is 10.2 Å². The van der Waals surface area contributed by atoms with Crippen LogP contribution >= 0.6 is 15.9 Å². The van der Waals surface area contributed by atoms with Gasteiger partial charge in [-0.1, -0.05) is 12.1 Å². The highest BCUT2D eigenvalue weighted by molar-refractivity contribution is 9.10. The van der Waals surface area contributed by atoms with Gasteiger partial charge >= 0.3 is 0 Å².